The fourth-order valence-corrected chi connectivity index (χ4v) is 2.13. The highest BCUT2D eigenvalue weighted by Crippen LogP contribution is 2.17. The van der Waals surface area contributed by atoms with Crippen molar-refractivity contribution >= 4 is 35.1 Å². The van der Waals surface area contributed by atoms with Gasteiger partial charge in [-0.1, -0.05) is 17.7 Å². The second-order valence-electron chi connectivity index (χ2n) is 5.31. The van der Waals surface area contributed by atoms with Crippen molar-refractivity contribution in [2.24, 2.45) is 5.73 Å². The van der Waals surface area contributed by atoms with E-state index in [2.05, 4.69) is 5.32 Å². The molecule has 2 rings (SSSR count). The fraction of sp³-hybridized carbons (Fsp3) is 0.167. The Balaban J connectivity index is 1.82. The van der Waals surface area contributed by atoms with E-state index in [0.717, 1.165) is 0 Å². The van der Waals surface area contributed by atoms with E-state index in [-0.39, 0.29) is 6.61 Å². The molecule has 2 aromatic rings. The number of halogens is 1. The highest BCUT2D eigenvalue weighted by atomic mass is 35.5. The summed E-state index contributed by atoms with van der Waals surface area (Å²) in [7, 11) is 0. The molecule has 0 aliphatic heterocycles. The largest absolute Gasteiger partial charge is 0.482 e. The highest BCUT2D eigenvalue weighted by Gasteiger charge is 2.18. The number of hydrogen-bond acceptors (Lipinski definition) is 5. The zero-order valence-corrected chi connectivity index (χ0v) is 14.7. The molecule has 0 radical (unpaired) electrons. The van der Waals surface area contributed by atoms with Crippen molar-refractivity contribution < 1.29 is 23.9 Å². The Morgan fingerprint density at radius 3 is 2.46 bits per heavy atom. The third-order valence-electron chi connectivity index (χ3n) is 3.27. The third kappa shape index (κ3) is 5.78. The normalized spacial score (nSPS) is 11.3. The van der Waals surface area contributed by atoms with Crippen LogP contribution in [0.15, 0.2) is 48.5 Å². The summed E-state index contributed by atoms with van der Waals surface area (Å²) in [4.78, 5) is 34.8. The average molecular weight is 377 g/mol. The number of anilines is 1. The number of esters is 1. The molecule has 0 aromatic heterocycles. The number of rotatable bonds is 7. The van der Waals surface area contributed by atoms with Crippen molar-refractivity contribution in [3.05, 3.63) is 59.1 Å². The van der Waals surface area contributed by atoms with Crippen LogP contribution < -0.4 is 15.8 Å². The lowest BCUT2D eigenvalue weighted by atomic mass is 10.2. The van der Waals surface area contributed by atoms with Gasteiger partial charge in [-0.25, -0.2) is 4.79 Å². The summed E-state index contributed by atoms with van der Waals surface area (Å²) in [6.45, 7) is 1.08. The maximum Gasteiger partial charge on any atom is 0.344 e. The van der Waals surface area contributed by atoms with E-state index < -0.39 is 23.9 Å². The molecule has 0 saturated carbocycles. The Kier molecular flexibility index (Phi) is 6.57. The number of benzene rings is 2. The minimum atomic E-state index is -1.03. The molecule has 136 valence electrons. The number of amides is 2. The van der Waals surface area contributed by atoms with Crippen LogP contribution in [0.2, 0.25) is 5.02 Å². The molecule has 0 fully saturated rings. The van der Waals surface area contributed by atoms with Gasteiger partial charge in [-0.3, -0.25) is 9.59 Å². The molecular formula is C18H17ClN2O5. The highest BCUT2D eigenvalue weighted by molar-refractivity contribution is 6.30. The van der Waals surface area contributed by atoms with Gasteiger partial charge in [-0.15, -0.1) is 0 Å². The van der Waals surface area contributed by atoms with Gasteiger partial charge in [0.05, 0.1) is 0 Å². The minimum absolute atomic E-state index is 0.320. The van der Waals surface area contributed by atoms with Crippen molar-refractivity contribution in [1.29, 1.82) is 0 Å². The predicted octanol–water partition coefficient (Wildman–Crippen LogP) is 2.39. The van der Waals surface area contributed by atoms with Gasteiger partial charge in [0.1, 0.15) is 5.75 Å². The first-order chi connectivity index (χ1) is 12.3. The fourth-order valence-electron chi connectivity index (χ4n) is 1.95. The number of hydrogen-bond donors (Lipinski definition) is 2. The molecule has 0 heterocycles. The number of nitrogens with one attached hydrogen (secondary N) is 1. The SMILES string of the molecule is C[C@H](OC(=O)COc1cccc(Cl)c1)C(=O)Nc1ccc(C(N)=O)cc1. The Morgan fingerprint density at radius 1 is 1.15 bits per heavy atom. The van der Waals surface area contributed by atoms with E-state index in [9.17, 15) is 14.4 Å². The number of carbonyl (C=O) groups excluding carboxylic acids is 3. The molecule has 0 aliphatic rings. The van der Waals surface area contributed by atoms with Crippen molar-refractivity contribution in [3.8, 4) is 5.75 Å². The van der Waals surface area contributed by atoms with E-state index in [4.69, 9.17) is 26.8 Å². The molecular weight excluding hydrogens is 360 g/mol. The molecule has 8 heteroatoms. The summed E-state index contributed by atoms with van der Waals surface area (Å²) in [6.07, 6.45) is -1.03. The quantitative estimate of drug-likeness (QED) is 0.721. The Morgan fingerprint density at radius 2 is 1.85 bits per heavy atom. The van der Waals surface area contributed by atoms with E-state index in [1.807, 2.05) is 0 Å². The van der Waals surface area contributed by atoms with Gasteiger partial charge in [0.25, 0.3) is 5.91 Å². The van der Waals surface area contributed by atoms with Gasteiger partial charge in [-0.05, 0) is 49.4 Å². The lowest BCUT2D eigenvalue weighted by Crippen LogP contribution is -2.31. The Labute approximate surface area is 155 Å². The van der Waals surface area contributed by atoms with Gasteiger partial charge >= 0.3 is 5.97 Å². The van der Waals surface area contributed by atoms with Gasteiger partial charge < -0.3 is 20.5 Å². The molecule has 0 saturated heterocycles. The summed E-state index contributed by atoms with van der Waals surface area (Å²) >= 11 is 5.82. The Bertz CT molecular complexity index is 807. The maximum atomic E-state index is 12.0. The third-order valence-corrected chi connectivity index (χ3v) is 3.50. The van der Waals surface area contributed by atoms with Crippen LogP contribution in [0.1, 0.15) is 17.3 Å². The lowest BCUT2D eigenvalue weighted by molar-refractivity contribution is -0.155. The van der Waals surface area contributed by atoms with Crippen LogP contribution in [0.5, 0.6) is 5.75 Å². The standard InChI is InChI=1S/C18H17ClN2O5/c1-11(18(24)21-14-7-5-12(6-8-14)17(20)23)26-16(22)10-25-15-4-2-3-13(19)9-15/h2-9,11H,10H2,1H3,(H2,20,23)(H,21,24)/t11-/m0/s1. The Hall–Kier alpha value is -3.06. The summed E-state index contributed by atoms with van der Waals surface area (Å²) in [5.74, 6) is -1.37. The molecule has 0 bridgehead atoms. The maximum absolute atomic E-state index is 12.0. The monoisotopic (exact) mass is 376 g/mol. The molecule has 0 spiro atoms. The van der Waals surface area contributed by atoms with Crippen LogP contribution >= 0.6 is 11.6 Å². The summed E-state index contributed by atoms with van der Waals surface area (Å²) in [6, 6.07) is 12.6. The summed E-state index contributed by atoms with van der Waals surface area (Å²) < 4.78 is 10.3. The minimum Gasteiger partial charge on any atom is -0.482 e. The van der Waals surface area contributed by atoms with Crippen molar-refractivity contribution in [3.63, 3.8) is 0 Å². The van der Waals surface area contributed by atoms with Crippen LogP contribution in [0.25, 0.3) is 0 Å². The first-order valence-electron chi connectivity index (χ1n) is 7.63. The van der Waals surface area contributed by atoms with Crippen LogP contribution in [0, 0.1) is 0 Å². The molecule has 26 heavy (non-hydrogen) atoms. The number of ether oxygens (including phenoxy) is 2. The zero-order valence-electron chi connectivity index (χ0n) is 13.9. The first-order valence-corrected chi connectivity index (χ1v) is 8.01. The molecule has 2 amide bonds. The van der Waals surface area contributed by atoms with Crippen LogP contribution in [0.4, 0.5) is 5.69 Å². The van der Waals surface area contributed by atoms with Crippen LogP contribution in [0.3, 0.4) is 0 Å². The van der Waals surface area contributed by atoms with Crippen LogP contribution in [-0.2, 0) is 14.3 Å². The number of nitrogens with two attached hydrogens (primary N) is 1. The molecule has 0 unspecified atom stereocenters. The molecule has 3 N–H and O–H groups in total. The molecule has 2 aromatic carbocycles. The molecule has 0 aliphatic carbocycles. The van der Waals surface area contributed by atoms with Gasteiger partial charge in [0.2, 0.25) is 5.91 Å². The van der Waals surface area contributed by atoms with E-state index in [1.54, 1.807) is 24.3 Å². The summed E-state index contributed by atoms with van der Waals surface area (Å²) in [5, 5.41) is 3.05. The molecule has 7 nitrogen and oxygen atoms in total. The first kappa shape index (κ1) is 19.3. The predicted molar refractivity (Wildman–Crippen MR) is 96.1 cm³/mol. The zero-order chi connectivity index (χ0) is 19.1. The van der Waals surface area contributed by atoms with Crippen molar-refractivity contribution in [1.82, 2.24) is 0 Å². The van der Waals surface area contributed by atoms with Crippen LogP contribution in [-0.4, -0.2) is 30.5 Å². The van der Waals surface area contributed by atoms with E-state index >= 15 is 0 Å². The van der Waals surface area contributed by atoms with Crippen molar-refractivity contribution in [2.75, 3.05) is 11.9 Å². The van der Waals surface area contributed by atoms with Gasteiger partial charge in [-0.2, -0.15) is 0 Å². The topological polar surface area (TPSA) is 108 Å². The number of carbonyl (C=O) groups is 3. The number of primary amides is 1. The smallest absolute Gasteiger partial charge is 0.344 e. The van der Waals surface area contributed by atoms with Gasteiger partial charge in [0, 0.05) is 16.3 Å². The average Bonchev–Trinajstić information content (AvgIpc) is 2.60. The second kappa shape index (κ2) is 8.87. The van der Waals surface area contributed by atoms with E-state index in [0.29, 0.717) is 22.0 Å². The molecule has 1 atom stereocenters. The van der Waals surface area contributed by atoms with Crippen molar-refractivity contribution in [2.45, 2.75) is 13.0 Å². The second-order valence-corrected chi connectivity index (χ2v) is 5.75. The van der Waals surface area contributed by atoms with Gasteiger partial charge in [0.15, 0.2) is 12.7 Å². The lowest BCUT2D eigenvalue weighted by Gasteiger charge is -2.14. The van der Waals surface area contributed by atoms with E-state index in [1.165, 1.54) is 31.2 Å². The summed E-state index contributed by atoms with van der Waals surface area (Å²) in [5.41, 5.74) is 5.91.